The molecule has 16 heteroatoms. The Balaban J connectivity index is 0.000000856. The van der Waals surface area contributed by atoms with E-state index in [1.54, 1.807) is 0 Å². The number of aliphatic carboxylic acids is 1. The average Bonchev–Trinajstić information content (AvgIpc) is 2.79. The second kappa shape index (κ2) is 13.3. The molecule has 0 aliphatic heterocycles. The standard InChI is InChI=1S/C19H25ClN4O5S.C2HF3O2/c1-5-24(9-8-23(2)3)18-15(19(25)26)10-13(12-21-18)22-30(27,28)14-6-7-17(29-4)16(20)11-14;3-2(4,5)1(6)7/h6-7,10-12,22H,5,8-9H2,1-4H3,(H,25,26);(H,6,7). The van der Waals surface area contributed by atoms with Gasteiger partial charge in [-0.2, -0.15) is 13.2 Å². The van der Waals surface area contributed by atoms with Gasteiger partial charge in [0.2, 0.25) is 0 Å². The number of benzene rings is 1. The SMILES string of the molecule is CCN(CCN(C)C)c1ncc(NS(=O)(=O)c2ccc(OC)c(Cl)c2)cc1C(=O)O.O=C(O)C(F)(F)F. The van der Waals surface area contributed by atoms with Gasteiger partial charge in [-0.1, -0.05) is 11.6 Å². The molecule has 37 heavy (non-hydrogen) atoms. The van der Waals surface area contributed by atoms with Gasteiger partial charge in [0.1, 0.15) is 17.1 Å². The maximum Gasteiger partial charge on any atom is 0.490 e. The van der Waals surface area contributed by atoms with Gasteiger partial charge < -0.3 is 24.7 Å². The van der Waals surface area contributed by atoms with Crippen LogP contribution in [0.2, 0.25) is 5.02 Å². The topological polar surface area (TPSA) is 149 Å². The number of hydrogen-bond acceptors (Lipinski definition) is 8. The van der Waals surface area contributed by atoms with Crippen molar-refractivity contribution in [3.63, 3.8) is 0 Å². The molecule has 0 saturated carbocycles. The Morgan fingerprint density at radius 1 is 1.16 bits per heavy atom. The first-order valence-electron chi connectivity index (χ1n) is 10.3. The lowest BCUT2D eigenvalue weighted by Gasteiger charge is -2.25. The van der Waals surface area contributed by atoms with Crippen LogP contribution in [-0.4, -0.2) is 87.5 Å². The molecule has 0 saturated heterocycles. The van der Waals surface area contributed by atoms with Crippen molar-refractivity contribution < 1.29 is 46.1 Å². The molecule has 0 spiro atoms. The zero-order chi connectivity index (χ0) is 28.6. The molecule has 0 radical (unpaired) electrons. The van der Waals surface area contributed by atoms with Crippen molar-refractivity contribution in [1.29, 1.82) is 0 Å². The van der Waals surface area contributed by atoms with E-state index in [1.807, 2.05) is 30.8 Å². The molecular formula is C21H26ClF3N4O7S. The number of carboxylic acids is 2. The van der Waals surface area contributed by atoms with Gasteiger partial charge in [0.25, 0.3) is 10.0 Å². The van der Waals surface area contributed by atoms with Crippen LogP contribution < -0.4 is 14.4 Å². The van der Waals surface area contributed by atoms with Crippen molar-refractivity contribution in [2.75, 3.05) is 50.5 Å². The molecule has 3 N–H and O–H groups in total. The number of alkyl halides is 3. The Morgan fingerprint density at radius 3 is 2.19 bits per heavy atom. The summed E-state index contributed by atoms with van der Waals surface area (Å²) in [6.45, 7) is 3.73. The summed E-state index contributed by atoms with van der Waals surface area (Å²) in [6, 6.07) is 5.28. The van der Waals surface area contributed by atoms with E-state index in [0.717, 1.165) is 0 Å². The van der Waals surface area contributed by atoms with Gasteiger partial charge in [-0.25, -0.2) is 23.0 Å². The van der Waals surface area contributed by atoms with E-state index >= 15 is 0 Å². The molecule has 206 valence electrons. The summed E-state index contributed by atoms with van der Waals surface area (Å²) in [5.41, 5.74) is -0.0599. The lowest BCUT2D eigenvalue weighted by molar-refractivity contribution is -0.192. The number of pyridine rings is 1. The molecule has 11 nitrogen and oxygen atoms in total. The monoisotopic (exact) mass is 570 g/mol. The van der Waals surface area contributed by atoms with Crippen molar-refractivity contribution in [3.05, 3.63) is 41.0 Å². The third-order valence-electron chi connectivity index (χ3n) is 4.52. The number of anilines is 2. The summed E-state index contributed by atoms with van der Waals surface area (Å²) < 4.78 is 64.5. The molecule has 1 aromatic heterocycles. The number of methoxy groups -OCH3 is 1. The van der Waals surface area contributed by atoms with Crippen molar-refractivity contribution in [2.24, 2.45) is 0 Å². The maximum absolute atomic E-state index is 12.7. The Kier molecular flexibility index (Phi) is 11.4. The van der Waals surface area contributed by atoms with Gasteiger partial charge in [0.05, 0.1) is 28.9 Å². The lowest BCUT2D eigenvalue weighted by Crippen LogP contribution is -2.33. The Bertz CT molecular complexity index is 1210. The molecule has 1 aromatic carbocycles. The first kappa shape index (κ1) is 31.7. The molecule has 0 aliphatic rings. The summed E-state index contributed by atoms with van der Waals surface area (Å²) in [5.74, 6) is -3.34. The Hall–Kier alpha value is -3.30. The molecule has 2 rings (SSSR count). The number of sulfonamides is 1. The summed E-state index contributed by atoms with van der Waals surface area (Å²) >= 11 is 6.01. The van der Waals surface area contributed by atoms with Gasteiger partial charge in [0, 0.05) is 19.6 Å². The van der Waals surface area contributed by atoms with Crippen molar-refractivity contribution in [1.82, 2.24) is 9.88 Å². The van der Waals surface area contributed by atoms with Gasteiger partial charge in [-0.3, -0.25) is 4.72 Å². The summed E-state index contributed by atoms with van der Waals surface area (Å²) in [7, 11) is 1.26. The number of rotatable bonds is 10. The number of halogens is 4. The van der Waals surface area contributed by atoms with Gasteiger partial charge in [-0.15, -0.1) is 0 Å². The van der Waals surface area contributed by atoms with Crippen LogP contribution in [0.4, 0.5) is 24.7 Å². The van der Waals surface area contributed by atoms with Crippen LogP contribution in [0.15, 0.2) is 35.4 Å². The first-order valence-corrected chi connectivity index (χ1v) is 12.2. The molecule has 2 aromatic rings. The quantitative estimate of drug-likeness (QED) is 0.388. The van der Waals surface area contributed by atoms with E-state index < -0.39 is 28.1 Å². The number of aromatic nitrogens is 1. The molecule has 0 bridgehead atoms. The van der Waals surface area contributed by atoms with E-state index in [4.69, 9.17) is 26.2 Å². The van der Waals surface area contributed by atoms with E-state index in [9.17, 15) is 31.5 Å². The Morgan fingerprint density at radius 2 is 1.76 bits per heavy atom. The van der Waals surface area contributed by atoms with E-state index in [0.29, 0.717) is 25.4 Å². The highest BCUT2D eigenvalue weighted by Gasteiger charge is 2.38. The number of likely N-dealkylation sites (N-methyl/N-ethyl adjacent to an activating group) is 2. The van der Waals surface area contributed by atoms with Crippen LogP contribution in [0, 0.1) is 0 Å². The summed E-state index contributed by atoms with van der Waals surface area (Å²) in [5, 5.41) is 16.9. The van der Waals surface area contributed by atoms with Gasteiger partial charge in [0.15, 0.2) is 0 Å². The second-order valence-electron chi connectivity index (χ2n) is 7.49. The van der Waals surface area contributed by atoms with Crippen molar-refractivity contribution >= 4 is 45.1 Å². The van der Waals surface area contributed by atoms with Crippen LogP contribution in [0.25, 0.3) is 0 Å². The predicted molar refractivity (Wildman–Crippen MR) is 130 cm³/mol. The molecular weight excluding hydrogens is 545 g/mol. The fourth-order valence-corrected chi connectivity index (χ4v) is 4.07. The molecule has 0 aliphatic carbocycles. The zero-order valence-electron chi connectivity index (χ0n) is 20.2. The maximum atomic E-state index is 12.7. The number of carboxylic acid groups (broad SMARTS) is 2. The zero-order valence-corrected chi connectivity index (χ0v) is 21.8. The normalized spacial score (nSPS) is 11.4. The highest BCUT2D eigenvalue weighted by molar-refractivity contribution is 7.92. The first-order chi connectivity index (χ1) is 17.0. The smallest absolute Gasteiger partial charge is 0.490 e. The van der Waals surface area contributed by atoms with Gasteiger partial charge >= 0.3 is 18.1 Å². The molecule has 0 amide bonds. The third-order valence-corrected chi connectivity index (χ3v) is 6.20. The fraction of sp³-hybridized carbons (Fsp3) is 0.381. The minimum Gasteiger partial charge on any atom is -0.495 e. The van der Waals surface area contributed by atoms with E-state index in [1.165, 1.54) is 37.6 Å². The summed E-state index contributed by atoms with van der Waals surface area (Å²) in [6.07, 6.45) is -3.79. The number of nitrogens with one attached hydrogen (secondary N) is 1. The molecule has 0 fully saturated rings. The number of aromatic carboxylic acids is 1. The number of hydrogen-bond donors (Lipinski definition) is 3. The predicted octanol–water partition coefficient (Wildman–Crippen LogP) is 3.26. The van der Waals surface area contributed by atoms with Crippen LogP contribution >= 0.6 is 11.6 Å². The van der Waals surface area contributed by atoms with Crippen LogP contribution in [0.5, 0.6) is 5.75 Å². The highest BCUT2D eigenvalue weighted by Crippen LogP contribution is 2.28. The third kappa shape index (κ3) is 9.59. The lowest BCUT2D eigenvalue weighted by atomic mass is 10.2. The molecule has 0 atom stereocenters. The molecule has 0 unspecified atom stereocenters. The molecule has 1 heterocycles. The van der Waals surface area contributed by atoms with E-state index in [-0.39, 0.29) is 27.0 Å². The largest absolute Gasteiger partial charge is 0.495 e. The summed E-state index contributed by atoms with van der Waals surface area (Å²) in [4.78, 5) is 28.6. The van der Waals surface area contributed by atoms with Gasteiger partial charge in [-0.05, 0) is 45.3 Å². The van der Waals surface area contributed by atoms with Crippen molar-refractivity contribution in [2.45, 2.75) is 18.0 Å². The Labute approximate surface area is 216 Å². The second-order valence-corrected chi connectivity index (χ2v) is 9.58. The number of ether oxygens (including phenoxy) is 1. The van der Waals surface area contributed by atoms with Crippen LogP contribution in [-0.2, 0) is 14.8 Å². The van der Waals surface area contributed by atoms with Crippen LogP contribution in [0.1, 0.15) is 17.3 Å². The minimum atomic E-state index is -5.08. The highest BCUT2D eigenvalue weighted by atomic mass is 35.5. The number of nitrogens with zero attached hydrogens (tertiary/aromatic N) is 3. The van der Waals surface area contributed by atoms with Crippen LogP contribution in [0.3, 0.4) is 0 Å². The minimum absolute atomic E-state index is 0.0340. The van der Waals surface area contributed by atoms with Crippen molar-refractivity contribution in [3.8, 4) is 5.75 Å². The average molecular weight is 571 g/mol. The number of carbonyl (C=O) groups is 2. The fourth-order valence-electron chi connectivity index (χ4n) is 2.69. The van der Waals surface area contributed by atoms with E-state index in [2.05, 4.69) is 9.71 Å².